The SMILES string of the molecule is CC(C)(C)OC(=O)N1CCC(c2ccn3ncnc(O)c23)CC1. The molecule has 0 atom stereocenters. The number of carbonyl (C=O) groups is 1. The van der Waals surface area contributed by atoms with Crippen LogP contribution in [0.4, 0.5) is 4.79 Å². The van der Waals surface area contributed by atoms with Crippen molar-refractivity contribution in [3.8, 4) is 5.88 Å². The fourth-order valence-electron chi connectivity index (χ4n) is 2.99. The number of rotatable bonds is 1. The second kappa shape index (κ2) is 5.72. The Labute approximate surface area is 134 Å². The highest BCUT2D eigenvalue weighted by molar-refractivity contribution is 5.68. The highest BCUT2D eigenvalue weighted by Gasteiger charge is 2.29. The van der Waals surface area contributed by atoms with Gasteiger partial charge in [-0.2, -0.15) is 10.1 Å². The molecule has 3 heterocycles. The second-order valence-electron chi connectivity index (χ2n) is 6.89. The molecule has 0 saturated carbocycles. The third-order valence-electron chi connectivity index (χ3n) is 4.05. The van der Waals surface area contributed by atoms with E-state index in [1.165, 1.54) is 6.33 Å². The van der Waals surface area contributed by atoms with Crippen molar-refractivity contribution >= 4 is 11.6 Å². The summed E-state index contributed by atoms with van der Waals surface area (Å²) in [6.07, 6.45) is 4.55. The molecule has 0 aromatic carbocycles. The minimum atomic E-state index is -0.477. The lowest BCUT2D eigenvalue weighted by molar-refractivity contribution is 0.0205. The Morgan fingerprint density at radius 3 is 2.70 bits per heavy atom. The molecule has 1 aliphatic heterocycles. The van der Waals surface area contributed by atoms with Crippen molar-refractivity contribution in [1.29, 1.82) is 0 Å². The molecule has 124 valence electrons. The molecule has 7 nitrogen and oxygen atoms in total. The van der Waals surface area contributed by atoms with Crippen LogP contribution < -0.4 is 0 Å². The molecule has 23 heavy (non-hydrogen) atoms. The number of hydrogen-bond donors (Lipinski definition) is 1. The van der Waals surface area contributed by atoms with Gasteiger partial charge in [0.05, 0.1) is 0 Å². The van der Waals surface area contributed by atoms with E-state index in [4.69, 9.17) is 4.74 Å². The van der Waals surface area contributed by atoms with Crippen molar-refractivity contribution in [3.63, 3.8) is 0 Å². The van der Waals surface area contributed by atoms with Crippen molar-refractivity contribution in [1.82, 2.24) is 19.5 Å². The summed E-state index contributed by atoms with van der Waals surface area (Å²) in [6.45, 7) is 6.89. The first-order valence-electron chi connectivity index (χ1n) is 7.84. The maximum absolute atomic E-state index is 12.1. The van der Waals surface area contributed by atoms with E-state index in [9.17, 15) is 9.90 Å². The zero-order valence-corrected chi connectivity index (χ0v) is 13.7. The molecular formula is C16H22N4O3. The highest BCUT2D eigenvalue weighted by Crippen LogP contribution is 2.34. The summed E-state index contributed by atoms with van der Waals surface area (Å²) in [5.74, 6) is 0.269. The molecule has 2 aromatic heterocycles. The van der Waals surface area contributed by atoms with Gasteiger partial charge < -0.3 is 14.7 Å². The number of fused-ring (bicyclic) bond motifs is 1. The van der Waals surface area contributed by atoms with Crippen molar-refractivity contribution in [2.45, 2.75) is 45.1 Å². The third-order valence-corrected chi connectivity index (χ3v) is 4.05. The predicted molar refractivity (Wildman–Crippen MR) is 84.4 cm³/mol. The van der Waals surface area contributed by atoms with Crippen LogP contribution in [0.2, 0.25) is 0 Å². The summed E-state index contributed by atoms with van der Waals surface area (Å²) in [4.78, 5) is 17.7. The fraction of sp³-hybridized carbons (Fsp3) is 0.562. The zero-order valence-electron chi connectivity index (χ0n) is 13.7. The van der Waals surface area contributed by atoms with Crippen LogP contribution in [0.5, 0.6) is 5.88 Å². The van der Waals surface area contributed by atoms with E-state index in [2.05, 4.69) is 10.1 Å². The van der Waals surface area contributed by atoms with E-state index in [0.717, 1.165) is 18.4 Å². The average molecular weight is 318 g/mol. The molecule has 0 spiro atoms. The Balaban J connectivity index is 1.70. The Bertz CT molecular complexity index is 712. The lowest BCUT2D eigenvalue weighted by atomic mass is 9.90. The molecule has 1 saturated heterocycles. The molecule has 7 heteroatoms. The number of piperidine rings is 1. The lowest BCUT2D eigenvalue weighted by Gasteiger charge is -2.33. The molecule has 0 bridgehead atoms. The van der Waals surface area contributed by atoms with E-state index < -0.39 is 5.60 Å². The summed E-state index contributed by atoms with van der Waals surface area (Å²) in [5, 5.41) is 14.1. The maximum Gasteiger partial charge on any atom is 0.410 e. The van der Waals surface area contributed by atoms with Gasteiger partial charge >= 0.3 is 6.09 Å². The van der Waals surface area contributed by atoms with Gasteiger partial charge in [-0.1, -0.05) is 0 Å². The topological polar surface area (TPSA) is 80.0 Å². The van der Waals surface area contributed by atoms with Gasteiger partial charge in [-0.3, -0.25) is 0 Å². The number of carbonyl (C=O) groups excluding carboxylic acids is 1. The largest absolute Gasteiger partial charge is 0.492 e. The van der Waals surface area contributed by atoms with Gasteiger partial charge in [0.15, 0.2) is 0 Å². The number of nitrogens with zero attached hydrogens (tertiary/aromatic N) is 4. The van der Waals surface area contributed by atoms with Crippen LogP contribution in [-0.2, 0) is 4.74 Å². The first-order valence-corrected chi connectivity index (χ1v) is 7.84. The van der Waals surface area contributed by atoms with Gasteiger partial charge in [0, 0.05) is 19.3 Å². The summed E-state index contributed by atoms with van der Waals surface area (Å²) in [6, 6.07) is 1.97. The van der Waals surface area contributed by atoms with Crippen molar-refractivity contribution < 1.29 is 14.6 Å². The van der Waals surface area contributed by atoms with Gasteiger partial charge in [0.25, 0.3) is 0 Å². The summed E-state index contributed by atoms with van der Waals surface area (Å²) in [7, 11) is 0. The van der Waals surface area contributed by atoms with Crippen LogP contribution in [0.3, 0.4) is 0 Å². The van der Waals surface area contributed by atoms with Crippen molar-refractivity contribution in [2.75, 3.05) is 13.1 Å². The molecule has 1 amide bonds. The smallest absolute Gasteiger partial charge is 0.410 e. The lowest BCUT2D eigenvalue weighted by Crippen LogP contribution is -2.41. The first-order chi connectivity index (χ1) is 10.8. The van der Waals surface area contributed by atoms with Gasteiger partial charge in [-0.15, -0.1) is 0 Å². The fourth-order valence-corrected chi connectivity index (χ4v) is 2.99. The highest BCUT2D eigenvalue weighted by atomic mass is 16.6. The summed E-state index contributed by atoms with van der Waals surface area (Å²) >= 11 is 0. The minimum absolute atomic E-state index is 0.00503. The van der Waals surface area contributed by atoms with Crippen LogP contribution in [0.15, 0.2) is 18.6 Å². The van der Waals surface area contributed by atoms with Crippen LogP contribution in [-0.4, -0.2) is 49.4 Å². The van der Waals surface area contributed by atoms with Crippen LogP contribution in [0.25, 0.3) is 5.52 Å². The average Bonchev–Trinajstić information content (AvgIpc) is 2.91. The second-order valence-corrected chi connectivity index (χ2v) is 6.89. The number of aromatic hydroxyl groups is 1. The van der Waals surface area contributed by atoms with Crippen LogP contribution in [0.1, 0.15) is 45.1 Å². The van der Waals surface area contributed by atoms with Gasteiger partial charge in [-0.25, -0.2) is 9.31 Å². The van der Waals surface area contributed by atoms with Gasteiger partial charge in [0.2, 0.25) is 5.88 Å². The molecule has 0 radical (unpaired) electrons. The van der Waals surface area contributed by atoms with E-state index in [1.807, 2.05) is 33.0 Å². The molecule has 0 aliphatic carbocycles. The molecule has 1 aliphatic rings. The summed E-state index contributed by atoms with van der Waals surface area (Å²) in [5.41, 5.74) is 1.21. The predicted octanol–water partition coefficient (Wildman–Crippen LogP) is 2.55. The van der Waals surface area contributed by atoms with E-state index in [0.29, 0.717) is 18.6 Å². The van der Waals surface area contributed by atoms with Crippen molar-refractivity contribution in [2.24, 2.45) is 0 Å². The Morgan fingerprint density at radius 1 is 1.35 bits per heavy atom. The molecule has 1 fully saturated rings. The normalized spacial score (nSPS) is 16.7. The van der Waals surface area contributed by atoms with E-state index in [-0.39, 0.29) is 17.9 Å². The Morgan fingerprint density at radius 2 is 2.04 bits per heavy atom. The number of aromatic nitrogens is 3. The van der Waals surface area contributed by atoms with Crippen LogP contribution in [0, 0.1) is 0 Å². The minimum Gasteiger partial charge on any atom is -0.492 e. The monoisotopic (exact) mass is 318 g/mol. The van der Waals surface area contributed by atoms with Crippen molar-refractivity contribution in [3.05, 3.63) is 24.2 Å². The van der Waals surface area contributed by atoms with Gasteiger partial charge in [-0.05, 0) is 51.2 Å². The Kier molecular flexibility index (Phi) is 3.87. The standard InChI is InChI=1S/C16H22N4O3/c1-16(2,3)23-15(22)19-7-4-11(5-8-19)12-6-9-20-13(12)14(21)17-10-18-20/h6,9-11H,4-5,7-8H2,1-3H3,(H,17,18,21). The quantitative estimate of drug-likeness (QED) is 0.874. The number of hydrogen-bond acceptors (Lipinski definition) is 5. The molecule has 3 rings (SSSR count). The molecule has 0 unspecified atom stereocenters. The van der Waals surface area contributed by atoms with E-state index >= 15 is 0 Å². The third kappa shape index (κ3) is 3.23. The summed E-state index contributed by atoms with van der Waals surface area (Å²) < 4.78 is 7.05. The number of likely N-dealkylation sites (tertiary alicyclic amines) is 1. The Hall–Kier alpha value is -2.31. The first kappa shape index (κ1) is 15.6. The molecule has 1 N–H and O–H groups in total. The number of amides is 1. The zero-order chi connectivity index (χ0) is 16.6. The number of ether oxygens (including phenoxy) is 1. The molecular weight excluding hydrogens is 296 g/mol. The van der Waals surface area contributed by atoms with E-state index in [1.54, 1.807) is 9.42 Å². The molecule has 2 aromatic rings. The van der Waals surface area contributed by atoms with Crippen LogP contribution >= 0.6 is 0 Å². The van der Waals surface area contributed by atoms with Gasteiger partial charge in [0.1, 0.15) is 17.4 Å². The maximum atomic E-state index is 12.1.